The summed E-state index contributed by atoms with van der Waals surface area (Å²) in [6.07, 6.45) is 7.22. The molecule has 0 saturated heterocycles. The standard InChI is InChI=1S/C14H20BrClN2/c1-3-9-5-7-10(8-6-9)14-17-11(4-2)12(15)13(16)18-14/h9-10H,3-8H2,1-2H3. The topological polar surface area (TPSA) is 25.8 Å². The van der Waals surface area contributed by atoms with E-state index in [1.54, 1.807) is 0 Å². The third-order valence-electron chi connectivity index (χ3n) is 4.02. The van der Waals surface area contributed by atoms with Gasteiger partial charge in [-0.2, -0.15) is 0 Å². The minimum Gasteiger partial charge on any atom is -0.236 e. The van der Waals surface area contributed by atoms with E-state index in [2.05, 4.69) is 39.7 Å². The molecule has 2 nitrogen and oxygen atoms in total. The predicted octanol–water partition coefficient (Wildman–Crippen LogP) is 5.14. The second kappa shape index (κ2) is 6.33. The summed E-state index contributed by atoms with van der Waals surface area (Å²) < 4.78 is 0.859. The Morgan fingerprint density at radius 2 is 1.83 bits per heavy atom. The third kappa shape index (κ3) is 3.05. The molecule has 4 heteroatoms. The van der Waals surface area contributed by atoms with Crippen LogP contribution >= 0.6 is 27.5 Å². The van der Waals surface area contributed by atoms with Gasteiger partial charge in [0.1, 0.15) is 11.0 Å². The molecular weight excluding hydrogens is 312 g/mol. The minimum atomic E-state index is 0.503. The van der Waals surface area contributed by atoms with Crippen LogP contribution in [0.3, 0.4) is 0 Å². The van der Waals surface area contributed by atoms with Gasteiger partial charge in [-0.25, -0.2) is 9.97 Å². The largest absolute Gasteiger partial charge is 0.236 e. The van der Waals surface area contributed by atoms with Crippen molar-refractivity contribution in [2.24, 2.45) is 5.92 Å². The molecule has 0 radical (unpaired) electrons. The van der Waals surface area contributed by atoms with E-state index in [-0.39, 0.29) is 0 Å². The van der Waals surface area contributed by atoms with Crippen LogP contribution in [-0.4, -0.2) is 9.97 Å². The van der Waals surface area contributed by atoms with Crippen LogP contribution in [0.15, 0.2) is 4.47 Å². The Labute approximate surface area is 123 Å². The highest BCUT2D eigenvalue weighted by atomic mass is 79.9. The minimum absolute atomic E-state index is 0.503. The molecule has 1 aliphatic carbocycles. The smallest absolute Gasteiger partial charge is 0.147 e. The molecule has 0 amide bonds. The summed E-state index contributed by atoms with van der Waals surface area (Å²) in [6.45, 7) is 4.38. The molecule has 1 aromatic heterocycles. The van der Waals surface area contributed by atoms with E-state index in [9.17, 15) is 0 Å². The van der Waals surface area contributed by atoms with Crippen molar-refractivity contribution in [3.63, 3.8) is 0 Å². The van der Waals surface area contributed by atoms with Crippen molar-refractivity contribution in [2.45, 2.75) is 58.3 Å². The fraction of sp³-hybridized carbons (Fsp3) is 0.714. The Morgan fingerprint density at radius 1 is 1.17 bits per heavy atom. The Balaban J connectivity index is 2.17. The normalized spacial score (nSPS) is 24.2. The van der Waals surface area contributed by atoms with Gasteiger partial charge in [-0.3, -0.25) is 0 Å². The number of aromatic nitrogens is 2. The fourth-order valence-electron chi connectivity index (χ4n) is 2.73. The first kappa shape index (κ1) is 14.3. The van der Waals surface area contributed by atoms with Crippen molar-refractivity contribution in [3.05, 3.63) is 21.1 Å². The summed E-state index contributed by atoms with van der Waals surface area (Å²) in [5.74, 6) is 2.36. The number of rotatable bonds is 3. The van der Waals surface area contributed by atoms with Crippen molar-refractivity contribution in [3.8, 4) is 0 Å². The maximum Gasteiger partial charge on any atom is 0.147 e. The van der Waals surface area contributed by atoms with Crippen LogP contribution in [0, 0.1) is 5.92 Å². The van der Waals surface area contributed by atoms with Crippen LogP contribution in [0.4, 0.5) is 0 Å². The zero-order valence-corrected chi connectivity index (χ0v) is 13.4. The van der Waals surface area contributed by atoms with Gasteiger partial charge >= 0.3 is 0 Å². The fourth-order valence-corrected chi connectivity index (χ4v) is 3.38. The van der Waals surface area contributed by atoms with Gasteiger partial charge in [0.2, 0.25) is 0 Å². The first-order valence-corrected chi connectivity index (χ1v) is 8.04. The number of halogens is 2. The van der Waals surface area contributed by atoms with Gasteiger partial charge in [0.15, 0.2) is 0 Å². The van der Waals surface area contributed by atoms with Crippen LogP contribution in [-0.2, 0) is 6.42 Å². The average Bonchev–Trinajstić information content (AvgIpc) is 2.42. The van der Waals surface area contributed by atoms with Crippen LogP contribution in [0.2, 0.25) is 5.15 Å². The zero-order valence-electron chi connectivity index (χ0n) is 11.0. The van der Waals surface area contributed by atoms with Crippen molar-refractivity contribution in [1.82, 2.24) is 9.97 Å². The molecule has 1 fully saturated rings. The van der Waals surface area contributed by atoms with Gasteiger partial charge < -0.3 is 0 Å². The molecule has 0 N–H and O–H groups in total. The summed E-state index contributed by atoms with van der Waals surface area (Å²) in [7, 11) is 0. The molecule has 1 aromatic rings. The molecule has 100 valence electrons. The van der Waals surface area contributed by atoms with Crippen LogP contribution in [0.1, 0.15) is 63.4 Å². The van der Waals surface area contributed by atoms with Crippen molar-refractivity contribution < 1.29 is 0 Å². The summed E-state index contributed by atoms with van der Waals surface area (Å²) >= 11 is 9.64. The molecular formula is C14H20BrClN2. The molecule has 1 aliphatic rings. The zero-order chi connectivity index (χ0) is 13.1. The highest BCUT2D eigenvalue weighted by molar-refractivity contribution is 9.10. The lowest BCUT2D eigenvalue weighted by Gasteiger charge is -2.27. The van der Waals surface area contributed by atoms with Gasteiger partial charge in [-0.15, -0.1) is 0 Å². The molecule has 18 heavy (non-hydrogen) atoms. The Kier molecular flexibility index (Phi) is 5.02. The molecule has 0 aliphatic heterocycles. The van der Waals surface area contributed by atoms with Gasteiger partial charge in [-0.1, -0.05) is 31.9 Å². The molecule has 0 spiro atoms. The first-order valence-electron chi connectivity index (χ1n) is 6.87. The number of nitrogens with zero attached hydrogens (tertiary/aromatic N) is 2. The van der Waals surface area contributed by atoms with E-state index in [0.717, 1.165) is 28.3 Å². The molecule has 2 rings (SSSR count). The molecule has 0 aromatic carbocycles. The monoisotopic (exact) mass is 330 g/mol. The molecule has 0 bridgehead atoms. The highest BCUT2D eigenvalue weighted by Crippen LogP contribution is 2.37. The van der Waals surface area contributed by atoms with Gasteiger partial charge in [0.25, 0.3) is 0 Å². The second-order valence-electron chi connectivity index (χ2n) is 5.11. The molecule has 1 saturated carbocycles. The van der Waals surface area contributed by atoms with Crippen LogP contribution in [0.5, 0.6) is 0 Å². The molecule has 0 unspecified atom stereocenters. The third-order valence-corrected chi connectivity index (χ3v) is 5.36. The summed E-state index contributed by atoms with van der Waals surface area (Å²) in [5.41, 5.74) is 1.03. The van der Waals surface area contributed by atoms with E-state index >= 15 is 0 Å². The maximum atomic E-state index is 6.17. The number of hydrogen-bond donors (Lipinski definition) is 0. The Bertz CT molecular complexity index is 415. The lowest BCUT2D eigenvalue weighted by Crippen LogP contribution is -2.15. The first-order chi connectivity index (χ1) is 8.65. The van der Waals surface area contributed by atoms with Crippen molar-refractivity contribution in [2.75, 3.05) is 0 Å². The van der Waals surface area contributed by atoms with E-state index in [0.29, 0.717) is 11.1 Å². The van der Waals surface area contributed by atoms with E-state index in [4.69, 9.17) is 11.6 Å². The van der Waals surface area contributed by atoms with Gasteiger partial charge in [-0.05, 0) is 54.0 Å². The Morgan fingerprint density at radius 3 is 2.39 bits per heavy atom. The van der Waals surface area contributed by atoms with Crippen molar-refractivity contribution in [1.29, 1.82) is 0 Å². The quantitative estimate of drug-likeness (QED) is 0.717. The van der Waals surface area contributed by atoms with E-state index in [1.165, 1.54) is 32.1 Å². The summed E-state index contributed by atoms with van der Waals surface area (Å²) in [6, 6.07) is 0. The second-order valence-corrected chi connectivity index (χ2v) is 6.26. The van der Waals surface area contributed by atoms with Gasteiger partial charge in [0.05, 0.1) is 10.2 Å². The summed E-state index contributed by atoms with van der Waals surface area (Å²) in [5, 5.41) is 0.564. The van der Waals surface area contributed by atoms with Crippen LogP contribution < -0.4 is 0 Å². The molecule has 0 atom stereocenters. The summed E-state index contributed by atoms with van der Waals surface area (Å²) in [4.78, 5) is 9.15. The SMILES string of the molecule is CCc1nc(C2CCC(CC)CC2)nc(Cl)c1Br. The lowest BCUT2D eigenvalue weighted by atomic mass is 9.80. The van der Waals surface area contributed by atoms with E-state index in [1.807, 2.05) is 0 Å². The maximum absolute atomic E-state index is 6.17. The lowest BCUT2D eigenvalue weighted by molar-refractivity contribution is 0.312. The van der Waals surface area contributed by atoms with Gasteiger partial charge in [0, 0.05) is 5.92 Å². The average molecular weight is 332 g/mol. The number of aryl methyl sites for hydroxylation is 1. The van der Waals surface area contributed by atoms with E-state index < -0.39 is 0 Å². The van der Waals surface area contributed by atoms with Crippen LogP contribution in [0.25, 0.3) is 0 Å². The number of hydrogen-bond acceptors (Lipinski definition) is 2. The van der Waals surface area contributed by atoms with Crippen molar-refractivity contribution >= 4 is 27.5 Å². The highest BCUT2D eigenvalue weighted by Gasteiger charge is 2.24. The molecule has 1 heterocycles. The Hall–Kier alpha value is -0.150. The predicted molar refractivity (Wildman–Crippen MR) is 79.1 cm³/mol.